The van der Waals surface area contributed by atoms with Crippen LogP contribution in [0.2, 0.25) is 0 Å². The first-order valence-electron chi connectivity index (χ1n) is 6.73. The van der Waals surface area contributed by atoms with Crippen molar-refractivity contribution in [3.8, 4) is 0 Å². The van der Waals surface area contributed by atoms with E-state index in [0.717, 1.165) is 18.4 Å². The minimum absolute atomic E-state index is 0.199. The molecule has 1 aliphatic carbocycles. The molecule has 1 aromatic rings. The second-order valence-corrected chi connectivity index (χ2v) is 5.29. The lowest BCUT2D eigenvalue weighted by Gasteiger charge is -2.25. The Morgan fingerprint density at radius 2 is 2.15 bits per heavy atom. The first-order valence-corrected chi connectivity index (χ1v) is 6.73. The molecular formula is C14H19N3O3. The van der Waals surface area contributed by atoms with Crippen molar-refractivity contribution in [2.45, 2.75) is 43.7 Å². The molecule has 4 N–H and O–H groups in total. The zero-order chi connectivity index (χ0) is 14.6. The molecule has 1 aromatic heterocycles. The summed E-state index contributed by atoms with van der Waals surface area (Å²) in [5, 5.41) is 11.8. The molecule has 0 aromatic carbocycles. The predicted octanol–water partition coefficient (Wildman–Crippen LogP) is 0.465. The fourth-order valence-electron chi connectivity index (χ4n) is 2.49. The first kappa shape index (κ1) is 14.5. The molecular weight excluding hydrogens is 258 g/mol. The van der Waals surface area contributed by atoms with Crippen molar-refractivity contribution in [3.05, 3.63) is 30.1 Å². The Hall–Kier alpha value is -1.95. The van der Waals surface area contributed by atoms with E-state index < -0.39 is 17.6 Å². The summed E-state index contributed by atoms with van der Waals surface area (Å²) in [7, 11) is 0. The van der Waals surface area contributed by atoms with Crippen molar-refractivity contribution in [1.82, 2.24) is 10.3 Å². The molecule has 1 heterocycles. The van der Waals surface area contributed by atoms with E-state index in [-0.39, 0.29) is 12.3 Å². The molecule has 1 fully saturated rings. The Labute approximate surface area is 117 Å². The topological polar surface area (TPSA) is 105 Å². The van der Waals surface area contributed by atoms with E-state index in [1.807, 2.05) is 0 Å². The summed E-state index contributed by atoms with van der Waals surface area (Å²) in [5.74, 6) is -1.44. The zero-order valence-corrected chi connectivity index (χ0v) is 11.2. The van der Waals surface area contributed by atoms with Gasteiger partial charge in [-0.3, -0.25) is 9.78 Å². The number of carbonyl (C=O) groups excluding carboxylic acids is 1. The molecule has 6 heteroatoms. The van der Waals surface area contributed by atoms with Gasteiger partial charge in [0.05, 0.1) is 5.54 Å². The summed E-state index contributed by atoms with van der Waals surface area (Å²) < 4.78 is 0. The van der Waals surface area contributed by atoms with E-state index in [0.29, 0.717) is 12.8 Å². The molecule has 0 radical (unpaired) electrons. The summed E-state index contributed by atoms with van der Waals surface area (Å²) >= 11 is 0. The number of nitrogens with one attached hydrogen (secondary N) is 1. The van der Waals surface area contributed by atoms with Crippen LogP contribution < -0.4 is 11.1 Å². The summed E-state index contributed by atoms with van der Waals surface area (Å²) in [4.78, 5) is 27.4. The summed E-state index contributed by atoms with van der Waals surface area (Å²) in [6.07, 6.45) is 6.44. The van der Waals surface area contributed by atoms with Crippen LogP contribution in [0, 0.1) is 0 Å². The number of carboxylic acid groups (broad SMARTS) is 1. The third kappa shape index (κ3) is 3.33. The van der Waals surface area contributed by atoms with Crippen LogP contribution in [0.3, 0.4) is 0 Å². The van der Waals surface area contributed by atoms with Crippen molar-refractivity contribution in [2.75, 3.05) is 0 Å². The maximum Gasteiger partial charge on any atom is 0.326 e. The number of hydrogen-bond donors (Lipinski definition) is 3. The third-order valence-electron chi connectivity index (χ3n) is 3.71. The molecule has 0 unspecified atom stereocenters. The number of aromatic nitrogens is 1. The van der Waals surface area contributed by atoms with Gasteiger partial charge in [-0.25, -0.2) is 4.79 Å². The predicted molar refractivity (Wildman–Crippen MR) is 72.9 cm³/mol. The van der Waals surface area contributed by atoms with Crippen LogP contribution in [-0.2, 0) is 16.0 Å². The average Bonchev–Trinajstić information content (AvgIpc) is 2.87. The van der Waals surface area contributed by atoms with Crippen LogP contribution in [0.15, 0.2) is 24.5 Å². The number of nitrogens with two attached hydrogens (primary N) is 1. The summed E-state index contributed by atoms with van der Waals surface area (Å²) in [5.41, 5.74) is 5.87. The highest BCUT2D eigenvalue weighted by atomic mass is 16.4. The largest absolute Gasteiger partial charge is 0.480 e. The Bertz CT molecular complexity index is 484. The lowest BCUT2D eigenvalue weighted by molar-refractivity contribution is -0.142. The number of carboxylic acids is 1. The summed E-state index contributed by atoms with van der Waals surface area (Å²) in [6, 6.07) is 2.54. The minimum Gasteiger partial charge on any atom is -0.480 e. The normalized spacial score (nSPS) is 18.4. The quantitative estimate of drug-likeness (QED) is 0.725. The van der Waals surface area contributed by atoms with E-state index >= 15 is 0 Å². The van der Waals surface area contributed by atoms with Gasteiger partial charge in [0.25, 0.3) is 0 Å². The fraction of sp³-hybridized carbons (Fsp3) is 0.500. The number of rotatable bonds is 5. The van der Waals surface area contributed by atoms with Gasteiger partial charge in [0.2, 0.25) is 5.91 Å². The second-order valence-electron chi connectivity index (χ2n) is 5.29. The van der Waals surface area contributed by atoms with Crippen LogP contribution in [0.4, 0.5) is 0 Å². The fourth-order valence-corrected chi connectivity index (χ4v) is 2.49. The lowest BCUT2D eigenvalue weighted by atomic mass is 9.97. The van der Waals surface area contributed by atoms with Crippen molar-refractivity contribution in [3.63, 3.8) is 0 Å². The molecule has 1 saturated carbocycles. The highest BCUT2D eigenvalue weighted by molar-refractivity contribution is 5.90. The van der Waals surface area contributed by atoms with Crippen LogP contribution in [0.25, 0.3) is 0 Å². The zero-order valence-electron chi connectivity index (χ0n) is 11.2. The van der Waals surface area contributed by atoms with E-state index in [1.165, 1.54) is 0 Å². The Balaban J connectivity index is 2.02. The van der Waals surface area contributed by atoms with Gasteiger partial charge in [-0.15, -0.1) is 0 Å². The Morgan fingerprint density at radius 3 is 2.70 bits per heavy atom. The maximum absolute atomic E-state index is 12.2. The van der Waals surface area contributed by atoms with Crippen molar-refractivity contribution in [1.29, 1.82) is 0 Å². The molecule has 2 rings (SSSR count). The van der Waals surface area contributed by atoms with Gasteiger partial charge in [-0.05, 0) is 24.5 Å². The van der Waals surface area contributed by atoms with Crippen LogP contribution in [0.1, 0.15) is 31.2 Å². The monoisotopic (exact) mass is 277 g/mol. The van der Waals surface area contributed by atoms with Gasteiger partial charge in [0, 0.05) is 18.8 Å². The SMILES string of the molecule is NC1(C(=O)N[C@@H](Cc2cccnc2)C(=O)O)CCCC1. The van der Waals surface area contributed by atoms with Crippen molar-refractivity contribution in [2.24, 2.45) is 5.73 Å². The van der Waals surface area contributed by atoms with Crippen LogP contribution >= 0.6 is 0 Å². The van der Waals surface area contributed by atoms with Gasteiger partial charge in [-0.2, -0.15) is 0 Å². The molecule has 0 spiro atoms. The number of hydrogen-bond acceptors (Lipinski definition) is 4. The lowest BCUT2D eigenvalue weighted by Crippen LogP contribution is -2.56. The van der Waals surface area contributed by atoms with Crippen LogP contribution in [0.5, 0.6) is 0 Å². The number of pyridine rings is 1. The van der Waals surface area contributed by atoms with E-state index in [1.54, 1.807) is 24.5 Å². The van der Waals surface area contributed by atoms with Gasteiger partial charge in [0.15, 0.2) is 0 Å². The van der Waals surface area contributed by atoms with E-state index in [2.05, 4.69) is 10.3 Å². The molecule has 0 saturated heterocycles. The van der Waals surface area contributed by atoms with E-state index in [4.69, 9.17) is 5.73 Å². The summed E-state index contributed by atoms with van der Waals surface area (Å²) in [6.45, 7) is 0. The van der Waals surface area contributed by atoms with Crippen molar-refractivity contribution >= 4 is 11.9 Å². The van der Waals surface area contributed by atoms with E-state index in [9.17, 15) is 14.7 Å². The van der Waals surface area contributed by atoms with Gasteiger partial charge in [0.1, 0.15) is 6.04 Å². The number of carbonyl (C=O) groups is 2. The number of aliphatic carboxylic acids is 1. The Morgan fingerprint density at radius 1 is 1.45 bits per heavy atom. The van der Waals surface area contributed by atoms with Gasteiger partial charge < -0.3 is 16.2 Å². The van der Waals surface area contributed by atoms with Gasteiger partial charge >= 0.3 is 5.97 Å². The van der Waals surface area contributed by atoms with Crippen LogP contribution in [-0.4, -0.2) is 33.5 Å². The highest BCUT2D eigenvalue weighted by Gasteiger charge is 2.38. The highest BCUT2D eigenvalue weighted by Crippen LogP contribution is 2.27. The molecule has 1 atom stereocenters. The molecule has 1 aliphatic rings. The second kappa shape index (κ2) is 6.00. The molecule has 6 nitrogen and oxygen atoms in total. The van der Waals surface area contributed by atoms with Gasteiger partial charge in [-0.1, -0.05) is 18.9 Å². The molecule has 0 bridgehead atoms. The number of amides is 1. The smallest absolute Gasteiger partial charge is 0.326 e. The third-order valence-corrected chi connectivity index (χ3v) is 3.71. The number of nitrogens with zero attached hydrogens (tertiary/aromatic N) is 1. The minimum atomic E-state index is -1.07. The van der Waals surface area contributed by atoms with Crippen molar-refractivity contribution < 1.29 is 14.7 Å². The first-order chi connectivity index (χ1) is 9.51. The molecule has 20 heavy (non-hydrogen) atoms. The molecule has 0 aliphatic heterocycles. The molecule has 108 valence electrons. The molecule has 1 amide bonds. The maximum atomic E-state index is 12.2. The standard InChI is InChI=1S/C14H19N3O3/c15-14(5-1-2-6-14)13(20)17-11(12(18)19)8-10-4-3-7-16-9-10/h3-4,7,9,11H,1-2,5-6,8,15H2,(H,17,20)(H,18,19)/t11-/m0/s1. The average molecular weight is 277 g/mol. The Kier molecular flexibility index (Phi) is 4.34.